The van der Waals surface area contributed by atoms with Crippen LogP contribution in [0.4, 0.5) is 0 Å². The number of halogens is 1. The molecule has 132 valence electrons. The number of allylic oxidation sites excluding steroid dienone is 6. The molecule has 0 radical (unpaired) electrons. The molecule has 1 aliphatic heterocycles. The van der Waals surface area contributed by atoms with Crippen LogP contribution in [-0.2, 0) is 0 Å². The van der Waals surface area contributed by atoms with Gasteiger partial charge < -0.3 is 10.6 Å². The molecule has 3 aliphatic rings. The quantitative estimate of drug-likeness (QED) is 0.879. The van der Waals surface area contributed by atoms with E-state index in [2.05, 4.69) is 64.4 Å². The van der Waals surface area contributed by atoms with Crippen molar-refractivity contribution in [3.05, 3.63) is 94.3 Å². The molecule has 2 N–H and O–H groups in total. The summed E-state index contributed by atoms with van der Waals surface area (Å²) in [4.78, 5) is 10.7. The number of nitrogens with two attached hydrogens (primary N) is 1. The van der Waals surface area contributed by atoms with Crippen molar-refractivity contribution in [1.29, 1.82) is 0 Å². The molecule has 0 saturated carbocycles. The van der Waals surface area contributed by atoms with Gasteiger partial charge in [-0.2, -0.15) is 0 Å². The third-order valence-corrected chi connectivity index (χ3v) is 5.36. The first-order chi connectivity index (χ1) is 12.6. The van der Waals surface area contributed by atoms with Crippen LogP contribution >= 0.6 is 11.6 Å². The SMILES string of the molecule is CN1C(C2=CC=CCC2)=CC=C2C=CC(C(N)c3nccnc3Cl)=CC21. The minimum absolute atomic E-state index is 0.156. The fraction of sp³-hybridized carbons (Fsp3) is 0.238. The molecule has 0 saturated heterocycles. The first-order valence-corrected chi connectivity index (χ1v) is 9.15. The summed E-state index contributed by atoms with van der Waals surface area (Å²) < 4.78 is 0. The monoisotopic (exact) mass is 364 g/mol. The molecule has 2 heterocycles. The zero-order valence-corrected chi connectivity index (χ0v) is 15.4. The van der Waals surface area contributed by atoms with Gasteiger partial charge in [0.15, 0.2) is 5.15 Å². The van der Waals surface area contributed by atoms with Crippen molar-refractivity contribution in [3.8, 4) is 0 Å². The van der Waals surface area contributed by atoms with Gasteiger partial charge >= 0.3 is 0 Å². The van der Waals surface area contributed by atoms with E-state index in [1.54, 1.807) is 12.4 Å². The number of aromatic nitrogens is 2. The van der Waals surface area contributed by atoms with E-state index in [-0.39, 0.29) is 6.04 Å². The van der Waals surface area contributed by atoms with E-state index in [0.717, 1.165) is 18.4 Å². The Morgan fingerprint density at radius 1 is 1.19 bits per heavy atom. The lowest BCUT2D eigenvalue weighted by molar-refractivity contribution is 0.386. The van der Waals surface area contributed by atoms with E-state index in [4.69, 9.17) is 17.3 Å². The van der Waals surface area contributed by atoms with E-state index in [1.165, 1.54) is 16.8 Å². The van der Waals surface area contributed by atoms with Crippen molar-refractivity contribution >= 4 is 11.6 Å². The highest BCUT2D eigenvalue weighted by Gasteiger charge is 2.27. The second-order valence-electron chi connectivity index (χ2n) is 6.64. The summed E-state index contributed by atoms with van der Waals surface area (Å²) in [6, 6.07) is -0.239. The van der Waals surface area contributed by atoms with Crippen molar-refractivity contribution in [2.45, 2.75) is 24.9 Å². The van der Waals surface area contributed by atoms with Crippen LogP contribution in [0.25, 0.3) is 0 Å². The standard InChI is InChI=1S/C21H21ClN4/c1-26-17(14-5-3-2-4-6-14)10-9-15-7-8-16(13-18(15)26)19(23)20-21(22)25-12-11-24-20/h2-3,5,7-13,18-19H,4,6,23H2,1H3. The molecule has 26 heavy (non-hydrogen) atoms. The highest BCUT2D eigenvalue weighted by molar-refractivity contribution is 6.30. The van der Waals surface area contributed by atoms with Crippen molar-refractivity contribution in [2.24, 2.45) is 5.73 Å². The summed E-state index contributed by atoms with van der Waals surface area (Å²) in [5.74, 6) is 0. The minimum Gasteiger partial charge on any atom is -0.364 e. The van der Waals surface area contributed by atoms with Gasteiger partial charge in [-0.3, -0.25) is 4.98 Å². The first kappa shape index (κ1) is 17.0. The maximum absolute atomic E-state index is 6.44. The number of hydrogen-bond donors (Lipinski definition) is 1. The molecule has 0 aromatic carbocycles. The summed E-state index contributed by atoms with van der Waals surface area (Å²) >= 11 is 6.18. The van der Waals surface area contributed by atoms with E-state index >= 15 is 0 Å². The van der Waals surface area contributed by atoms with Gasteiger partial charge in [0, 0.05) is 25.1 Å². The van der Waals surface area contributed by atoms with Gasteiger partial charge in [0.05, 0.1) is 17.8 Å². The average molecular weight is 365 g/mol. The largest absolute Gasteiger partial charge is 0.364 e. The third-order valence-electron chi connectivity index (χ3n) is 5.07. The van der Waals surface area contributed by atoms with Crippen molar-refractivity contribution in [1.82, 2.24) is 14.9 Å². The summed E-state index contributed by atoms with van der Waals surface area (Å²) in [7, 11) is 2.14. The normalized spacial score (nSPS) is 22.9. The highest BCUT2D eigenvalue weighted by atomic mass is 35.5. The van der Waals surface area contributed by atoms with E-state index in [1.807, 2.05) is 6.08 Å². The summed E-state index contributed by atoms with van der Waals surface area (Å²) in [6.45, 7) is 0. The molecule has 0 fully saturated rings. The molecule has 1 aromatic rings. The molecule has 2 unspecified atom stereocenters. The fourth-order valence-electron chi connectivity index (χ4n) is 3.61. The van der Waals surface area contributed by atoms with Crippen LogP contribution < -0.4 is 5.73 Å². The van der Waals surface area contributed by atoms with Gasteiger partial charge in [0.25, 0.3) is 0 Å². The molecule has 0 amide bonds. The van der Waals surface area contributed by atoms with Gasteiger partial charge in [-0.1, -0.05) is 54.1 Å². The van der Waals surface area contributed by atoms with Crippen LogP contribution in [0, 0.1) is 0 Å². The van der Waals surface area contributed by atoms with Crippen LogP contribution in [0.3, 0.4) is 0 Å². The van der Waals surface area contributed by atoms with Gasteiger partial charge in [-0.15, -0.1) is 0 Å². The van der Waals surface area contributed by atoms with Crippen LogP contribution in [0.1, 0.15) is 24.6 Å². The number of hydrogen-bond acceptors (Lipinski definition) is 4. The first-order valence-electron chi connectivity index (χ1n) is 8.77. The maximum Gasteiger partial charge on any atom is 0.152 e. The number of rotatable bonds is 3. The molecular weight excluding hydrogens is 344 g/mol. The van der Waals surface area contributed by atoms with E-state index in [9.17, 15) is 0 Å². The van der Waals surface area contributed by atoms with E-state index in [0.29, 0.717) is 10.8 Å². The Balaban J connectivity index is 1.64. The van der Waals surface area contributed by atoms with Gasteiger partial charge in [-0.25, -0.2) is 4.98 Å². The highest BCUT2D eigenvalue weighted by Crippen LogP contribution is 2.35. The Hall–Kier alpha value is -2.43. The Labute approximate surface area is 158 Å². The zero-order valence-electron chi connectivity index (χ0n) is 14.6. The van der Waals surface area contributed by atoms with Crippen molar-refractivity contribution in [3.63, 3.8) is 0 Å². The van der Waals surface area contributed by atoms with Crippen LogP contribution in [-0.4, -0.2) is 28.0 Å². The van der Waals surface area contributed by atoms with Crippen molar-refractivity contribution < 1.29 is 0 Å². The summed E-state index contributed by atoms with van der Waals surface area (Å²) in [5, 5.41) is 0.354. The second kappa shape index (κ2) is 7.06. The second-order valence-corrected chi connectivity index (χ2v) is 7.00. The number of nitrogens with zero attached hydrogens (tertiary/aromatic N) is 3. The molecule has 5 heteroatoms. The van der Waals surface area contributed by atoms with Crippen molar-refractivity contribution in [2.75, 3.05) is 7.05 Å². The molecule has 1 aromatic heterocycles. The smallest absolute Gasteiger partial charge is 0.152 e. The predicted molar refractivity (Wildman–Crippen MR) is 105 cm³/mol. The molecule has 2 aliphatic carbocycles. The van der Waals surface area contributed by atoms with Crippen LogP contribution in [0.15, 0.2) is 83.4 Å². The van der Waals surface area contributed by atoms with Gasteiger partial charge in [0.1, 0.15) is 0 Å². The summed E-state index contributed by atoms with van der Waals surface area (Å²) in [5.41, 5.74) is 11.9. The molecule has 0 bridgehead atoms. The lowest BCUT2D eigenvalue weighted by Crippen LogP contribution is -2.35. The van der Waals surface area contributed by atoms with Gasteiger partial charge in [-0.05, 0) is 35.6 Å². The molecule has 2 atom stereocenters. The molecule has 0 spiro atoms. The van der Waals surface area contributed by atoms with Gasteiger partial charge in [0.2, 0.25) is 0 Å². The Kier molecular flexibility index (Phi) is 4.62. The molecule has 4 nitrogen and oxygen atoms in total. The lowest BCUT2D eigenvalue weighted by atomic mass is 9.88. The van der Waals surface area contributed by atoms with Crippen LogP contribution in [0.5, 0.6) is 0 Å². The lowest BCUT2D eigenvalue weighted by Gasteiger charge is -2.37. The Morgan fingerprint density at radius 2 is 2.04 bits per heavy atom. The fourth-order valence-corrected chi connectivity index (χ4v) is 3.84. The maximum atomic E-state index is 6.44. The topological polar surface area (TPSA) is 55.0 Å². The molecule has 4 rings (SSSR count). The number of likely N-dealkylation sites (N-methyl/N-ethyl adjacent to an activating group) is 1. The summed E-state index contributed by atoms with van der Waals surface area (Å²) in [6.07, 6.45) is 22.7. The Bertz CT molecular complexity index is 904. The third kappa shape index (κ3) is 3.06. The molecular formula is C21H21ClN4. The number of fused-ring (bicyclic) bond motifs is 1. The average Bonchev–Trinajstić information content (AvgIpc) is 2.69. The van der Waals surface area contributed by atoms with Crippen LogP contribution in [0.2, 0.25) is 5.15 Å². The Morgan fingerprint density at radius 3 is 2.81 bits per heavy atom. The predicted octanol–water partition coefficient (Wildman–Crippen LogP) is 4.03. The van der Waals surface area contributed by atoms with E-state index < -0.39 is 6.04 Å². The minimum atomic E-state index is -0.395. The zero-order chi connectivity index (χ0) is 18.1.